The van der Waals surface area contributed by atoms with E-state index in [0.717, 1.165) is 32.6 Å². The minimum atomic E-state index is -0.0914. The number of amides is 1. The Morgan fingerprint density at radius 3 is 3.09 bits per heavy atom. The van der Waals surface area contributed by atoms with Crippen LogP contribution in [-0.2, 0) is 17.9 Å². The molecule has 1 N–H and O–H groups in total. The third kappa shape index (κ3) is 3.36. The summed E-state index contributed by atoms with van der Waals surface area (Å²) < 4.78 is 3.91. The molecule has 1 amide bonds. The molecule has 2 aromatic rings. The second-order valence-corrected chi connectivity index (χ2v) is 5.74. The van der Waals surface area contributed by atoms with Gasteiger partial charge in [0.1, 0.15) is 0 Å². The highest BCUT2D eigenvalue weighted by Gasteiger charge is 2.24. The fourth-order valence-electron chi connectivity index (χ4n) is 2.88. The van der Waals surface area contributed by atoms with Crippen molar-refractivity contribution in [3.8, 4) is 0 Å². The molecule has 1 aliphatic rings. The first-order chi connectivity index (χ1) is 10.6. The monoisotopic (exact) mass is 302 g/mol. The molecule has 7 heteroatoms. The Bertz CT molecular complexity index is 646. The topological polar surface area (TPSA) is 68.0 Å². The predicted molar refractivity (Wildman–Crippen MR) is 83.4 cm³/mol. The Kier molecular flexibility index (Phi) is 4.24. The SMILES string of the molecule is CCn1cc(CN2CC[C@H](n3ccc(NC(C)=O)n3)C2)cn1. The summed E-state index contributed by atoms with van der Waals surface area (Å²) in [5, 5.41) is 11.5. The van der Waals surface area contributed by atoms with Crippen LogP contribution in [0.25, 0.3) is 0 Å². The van der Waals surface area contributed by atoms with Crippen molar-refractivity contribution in [2.24, 2.45) is 0 Å². The molecule has 22 heavy (non-hydrogen) atoms. The van der Waals surface area contributed by atoms with E-state index in [1.54, 1.807) is 0 Å². The van der Waals surface area contributed by atoms with Crippen molar-refractivity contribution in [2.45, 2.75) is 39.4 Å². The van der Waals surface area contributed by atoms with E-state index in [0.29, 0.717) is 11.9 Å². The fourth-order valence-corrected chi connectivity index (χ4v) is 2.88. The highest BCUT2D eigenvalue weighted by Crippen LogP contribution is 2.23. The molecule has 1 saturated heterocycles. The lowest BCUT2D eigenvalue weighted by atomic mass is 10.3. The number of nitrogens with zero attached hydrogens (tertiary/aromatic N) is 5. The first-order valence-corrected chi connectivity index (χ1v) is 7.70. The Labute approximate surface area is 129 Å². The molecule has 7 nitrogen and oxygen atoms in total. The third-order valence-corrected chi connectivity index (χ3v) is 3.95. The van der Waals surface area contributed by atoms with Gasteiger partial charge in [-0.3, -0.25) is 19.1 Å². The zero-order valence-electron chi connectivity index (χ0n) is 13.1. The molecule has 0 radical (unpaired) electrons. The van der Waals surface area contributed by atoms with Gasteiger partial charge in [-0.1, -0.05) is 0 Å². The molecule has 0 saturated carbocycles. The van der Waals surface area contributed by atoms with E-state index in [9.17, 15) is 4.79 Å². The lowest BCUT2D eigenvalue weighted by molar-refractivity contribution is -0.114. The standard InChI is InChI=1S/C15H22N6O/c1-3-20-10-13(8-16-20)9-19-6-4-14(11-19)21-7-5-15(18-21)17-12(2)22/h5,7-8,10,14H,3-4,6,9,11H2,1-2H3,(H,17,18,22)/t14-/m0/s1. The summed E-state index contributed by atoms with van der Waals surface area (Å²) in [7, 11) is 0. The summed E-state index contributed by atoms with van der Waals surface area (Å²) in [4.78, 5) is 13.5. The lowest BCUT2D eigenvalue weighted by Gasteiger charge is -2.15. The second kappa shape index (κ2) is 6.31. The van der Waals surface area contributed by atoms with Gasteiger partial charge in [-0.2, -0.15) is 10.2 Å². The summed E-state index contributed by atoms with van der Waals surface area (Å²) >= 11 is 0. The average molecular weight is 302 g/mol. The van der Waals surface area contributed by atoms with Crippen molar-refractivity contribution in [3.05, 3.63) is 30.2 Å². The van der Waals surface area contributed by atoms with Crippen LogP contribution < -0.4 is 5.32 Å². The summed E-state index contributed by atoms with van der Waals surface area (Å²) in [6, 6.07) is 2.21. The summed E-state index contributed by atoms with van der Waals surface area (Å²) in [5.41, 5.74) is 1.25. The van der Waals surface area contributed by atoms with Crippen molar-refractivity contribution >= 4 is 11.7 Å². The van der Waals surface area contributed by atoms with E-state index < -0.39 is 0 Å². The molecule has 1 fully saturated rings. The van der Waals surface area contributed by atoms with Crippen molar-refractivity contribution in [2.75, 3.05) is 18.4 Å². The largest absolute Gasteiger partial charge is 0.309 e. The Morgan fingerprint density at radius 1 is 1.50 bits per heavy atom. The summed E-state index contributed by atoms with van der Waals surface area (Å²) in [6.45, 7) is 7.44. The van der Waals surface area contributed by atoms with Crippen molar-refractivity contribution in [1.29, 1.82) is 0 Å². The van der Waals surface area contributed by atoms with Gasteiger partial charge in [-0.15, -0.1) is 0 Å². The predicted octanol–water partition coefficient (Wildman–Crippen LogP) is 1.50. The van der Waals surface area contributed by atoms with E-state index in [2.05, 4.69) is 33.5 Å². The first kappa shape index (κ1) is 14.8. The number of hydrogen-bond donors (Lipinski definition) is 1. The van der Waals surface area contributed by atoms with E-state index in [1.165, 1.54) is 12.5 Å². The maximum Gasteiger partial charge on any atom is 0.222 e. The molecule has 0 aromatic carbocycles. The maximum atomic E-state index is 11.0. The van der Waals surface area contributed by atoms with E-state index in [1.807, 2.05) is 27.8 Å². The molecule has 0 bridgehead atoms. The summed E-state index contributed by atoms with van der Waals surface area (Å²) in [6.07, 6.45) is 7.06. The zero-order chi connectivity index (χ0) is 15.5. The number of carbonyl (C=O) groups excluding carboxylic acids is 1. The summed E-state index contributed by atoms with van der Waals surface area (Å²) in [5.74, 6) is 0.529. The molecule has 1 aliphatic heterocycles. The van der Waals surface area contributed by atoms with Crippen LogP contribution >= 0.6 is 0 Å². The smallest absolute Gasteiger partial charge is 0.222 e. The number of nitrogens with one attached hydrogen (secondary N) is 1. The van der Waals surface area contributed by atoms with Gasteiger partial charge in [0.05, 0.1) is 12.2 Å². The van der Waals surface area contributed by atoms with Gasteiger partial charge in [0, 0.05) is 57.1 Å². The van der Waals surface area contributed by atoms with Crippen LogP contribution in [-0.4, -0.2) is 43.5 Å². The van der Waals surface area contributed by atoms with Gasteiger partial charge < -0.3 is 5.32 Å². The second-order valence-electron chi connectivity index (χ2n) is 5.74. The first-order valence-electron chi connectivity index (χ1n) is 7.70. The quantitative estimate of drug-likeness (QED) is 0.909. The number of carbonyl (C=O) groups is 1. The van der Waals surface area contributed by atoms with Crippen LogP contribution in [0.4, 0.5) is 5.82 Å². The Morgan fingerprint density at radius 2 is 2.36 bits per heavy atom. The maximum absolute atomic E-state index is 11.0. The van der Waals surface area contributed by atoms with Gasteiger partial charge in [0.2, 0.25) is 5.91 Å². The molecule has 3 rings (SSSR count). The number of anilines is 1. The van der Waals surface area contributed by atoms with Crippen molar-refractivity contribution < 1.29 is 4.79 Å². The zero-order valence-corrected chi connectivity index (χ0v) is 13.1. The molecular formula is C15H22N6O. The Hall–Kier alpha value is -2.15. The highest BCUT2D eigenvalue weighted by molar-refractivity contribution is 5.87. The number of rotatable bonds is 5. The molecule has 0 unspecified atom stereocenters. The molecule has 3 heterocycles. The normalized spacial score (nSPS) is 18.7. The lowest BCUT2D eigenvalue weighted by Crippen LogP contribution is -2.21. The molecular weight excluding hydrogens is 280 g/mol. The molecule has 0 spiro atoms. The van der Waals surface area contributed by atoms with Gasteiger partial charge in [0.15, 0.2) is 5.82 Å². The van der Waals surface area contributed by atoms with Gasteiger partial charge in [0.25, 0.3) is 0 Å². The molecule has 1 atom stereocenters. The van der Waals surface area contributed by atoms with Gasteiger partial charge >= 0.3 is 0 Å². The van der Waals surface area contributed by atoms with Crippen LogP contribution in [0.2, 0.25) is 0 Å². The third-order valence-electron chi connectivity index (χ3n) is 3.95. The van der Waals surface area contributed by atoms with Gasteiger partial charge in [-0.05, 0) is 13.3 Å². The van der Waals surface area contributed by atoms with Crippen LogP contribution in [0.5, 0.6) is 0 Å². The van der Waals surface area contributed by atoms with E-state index >= 15 is 0 Å². The molecule has 118 valence electrons. The number of aromatic nitrogens is 4. The fraction of sp³-hybridized carbons (Fsp3) is 0.533. The average Bonchev–Trinajstić information content (AvgIpc) is 3.18. The number of aryl methyl sites for hydroxylation is 1. The number of hydrogen-bond acceptors (Lipinski definition) is 4. The van der Waals surface area contributed by atoms with E-state index in [4.69, 9.17) is 0 Å². The van der Waals surface area contributed by atoms with Crippen molar-refractivity contribution in [1.82, 2.24) is 24.5 Å². The van der Waals surface area contributed by atoms with Crippen molar-refractivity contribution in [3.63, 3.8) is 0 Å². The molecule has 0 aliphatic carbocycles. The Balaban J connectivity index is 1.57. The van der Waals surface area contributed by atoms with Crippen LogP contribution in [0, 0.1) is 0 Å². The van der Waals surface area contributed by atoms with Crippen LogP contribution in [0.15, 0.2) is 24.7 Å². The highest BCUT2D eigenvalue weighted by atomic mass is 16.1. The van der Waals surface area contributed by atoms with Gasteiger partial charge in [-0.25, -0.2) is 0 Å². The minimum absolute atomic E-state index is 0.0914. The molecule has 2 aromatic heterocycles. The number of likely N-dealkylation sites (tertiary alicyclic amines) is 1. The van der Waals surface area contributed by atoms with E-state index in [-0.39, 0.29) is 5.91 Å². The minimum Gasteiger partial charge on any atom is -0.309 e. The van der Waals surface area contributed by atoms with Crippen LogP contribution in [0.1, 0.15) is 31.9 Å². The van der Waals surface area contributed by atoms with Crippen LogP contribution in [0.3, 0.4) is 0 Å².